The van der Waals surface area contributed by atoms with E-state index in [0.717, 1.165) is 5.75 Å². The average Bonchev–Trinajstić information content (AvgIpc) is 3.14. The topological polar surface area (TPSA) is 82.2 Å². The van der Waals surface area contributed by atoms with E-state index in [1.54, 1.807) is 17.0 Å². The summed E-state index contributed by atoms with van der Waals surface area (Å²) in [6.45, 7) is 3.85. The van der Waals surface area contributed by atoms with Crippen LogP contribution in [0.1, 0.15) is 25.6 Å². The normalized spacial score (nSPS) is 17.1. The number of hydrogen-bond donors (Lipinski definition) is 1. The van der Waals surface area contributed by atoms with E-state index in [9.17, 15) is 4.79 Å². The standard InChI is InChI=1S/C14H16N4O3S/c1-4-22-14-16-13-15-8(2)10(12(19)20-3)11(18(13)17-14)9-6-5-7-21-9/h5-7,11H,4H2,1-3H3,(H,15,16,17). The third kappa shape index (κ3) is 2.39. The van der Waals surface area contributed by atoms with Gasteiger partial charge in [0.25, 0.3) is 0 Å². The molecule has 0 fully saturated rings. The fraction of sp³-hybridized carbons (Fsp3) is 0.357. The molecule has 116 valence electrons. The van der Waals surface area contributed by atoms with E-state index >= 15 is 0 Å². The van der Waals surface area contributed by atoms with Crippen LogP contribution in [0.25, 0.3) is 0 Å². The van der Waals surface area contributed by atoms with Crippen molar-refractivity contribution in [3.05, 3.63) is 35.4 Å². The number of furan rings is 1. The van der Waals surface area contributed by atoms with Crippen LogP contribution < -0.4 is 5.32 Å². The number of methoxy groups -OCH3 is 1. The lowest BCUT2D eigenvalue weighted by molar-refractivity contribution is -0.136. The summed E-state index contributed by atoms with van der Waals surface area (Å²) in [4.78, 5) is 16.6. The SMILES string of the molecule is CCSc1nc2n(n1)C(c1ccco1)C(C(=O)OC)=C(C)N2. The summed E-state index contributed by atoms with van der Waals surface area (Å²) in [5, 5.41) is 8.25. The molecule has 1 N–H and O–H groups in total. The van der Waals surface area contributed by atoms with Gasteiger partial charge in [-0.2, -0.15) is 4.98 Å². The zero-order valence-corrected chi connectivity index (χ0v) is 13.3. The van der Waals surface area contributed by atoms with E-state index < -0.39 is 12.0 Å². The molecule has 1 unspecified atom stereocenters. The molecule has 1 aliphatic heterocycles. The second-order valence-electron chi connectivity index (χ2n) is 4.67. The van der Waals surface area contributed by atoms with Crippen LogP contribution in [0.5, 0.6) is 0 Å². The predicted octanol–water partition coefficient (Wildman–Crippen LogP) is 2.44. The van der Waals surface area contributed by atoms with Crippen LogP contribution in [0.3, 0.4) is 0 Å². The summed E-state index contributed by atoms with van der Waals surface area (Å²) in [6.07, 6.45) is 1.57. The lowest BCUT2D eigenvalue weighted by Gasteiger charge is -2.25. The quantitative estimate of drug-likeness (QED) is 0.684. The molecule has 0 amide bonds. The van der Waals surface area contributed by atoms with Crippen LogP contribution in [0.2, 0.25) is 0 Å². The van der Waals surface area contributed by atoms with Gasteiger partial charge in [-0.05, 0) is 24.8 Å². The van der Waals surface area contributed by atoms with Gasteiger partial charge in [-0.25, -0.2) is 9.48 Å². The molecule has 0 saturated heterocycles. The molecular formula is C14H16N4O3S. The van der Waals surface area contributed by atoms with Crippen molar-refractivity contribution >= 4 is 23.7 Å². The van der Waals surface area contributed by atoms with Crippen LogP contribution in [0.15, 0.2) is 39.2 Å². The van der Waals surface area contributed by atoms with Gasteiger partial charge < -0.3 is 14.5 Å². The van der Waals surface area contributed by atoms with Gasteiger partial charge in [-0.3, -0.25) is 0 Å². The molecule has 8 heteroatoms. The Morgan fingerprint density at radius 3 is 3.05 bits per heavy atom. The number of aromatic nitrogens is 3. The lowest BCUT2D eigenvalue weighted by Crippen LogP contribution is -2.29. The number of thioether (sulfide) groups is 1. The van der Waals surface area contributed by atoms with Crippen LogP contribution in [-0.4, -0.2) is 33.6 Å². The molecule has 0 radical (unpaired) electrons. The van der Waals surface area contributed by atoms with Gasteiger partial charge in [0.1, 0.15) is 11.8 Å². The van der Waals surface area contributed by atoms with Gasteiger partial charge in [0, 0.05) is 5.70 Å². The molecule has 3 rings (SSSR count). The second kappa shape index (κ2) is 5.88. The molecule has 0 spiro atoms. The Morgan fingerprint density at radius 2 is 2.41 bits per heavy atom. The number of hydrogen-bond acceptors (Lipinski definition) is 7. The Balaban J connectivity index is 2.13. The summed E-state index contributed by atoms with van der Waals surface area (Å²) in [5.41, 5.74) is 1.14. The molecule has 7 nitrogen and oxygen atoms in total. The molecule has 1 atom stereocenters. The first kappa shape index (κ1) is 14.7. The minimum atomic E-state index is -0.489. The summed E-state index contributed by atoms with van der Waals surface area (Å²) >= 11 is 1.54. The maximum absolute atomic E-state index is 12.2. The number of esters is 1. The molecule has 0 aromatic carbocycles. The molecule has 3 heterocycles. The third-order valence-electron chi connectivity index (χ3n) is 3.32. The lowest BCUT2D eigenvalue weighted by atomic mass is 10.0. The van der Waals surface area contributed by atoms with Crippen molar-refractivity contribution in [1.82, 2.24) is 14.8 Å². The predicted molar refractivity (Wildman–Crippen MR) is 81.6 cm³/mol. The zero-order chi connectivity index (χ0) is 15.7. The number of carbonyl (C=O) groups excluding carboxylic acids is 1. The highest BCUT2D eigenvalue weighted by atomic mass is 32.2. The Bertz CT molecular complexity index is 721. The maximum atomic E-state index is 12.2. The summed E-state index contributed by atoms with van der Waals surface area (Å²) in [7, 11) is 1.36. The smallest absolute Gasteiger partial charge is 0.338 e. The summed E-state index contributed by atoms with van der Waals surface area (Å²) in [6, 6.07) is 3.10. The van der Waals surface area contributed by atoms with Gasteiger partial charge in [-0.15, -0.1) is 5.10 Å². The highest BCUT2D eigenvalue weighted by Crippen LogP contribution is 2.36. The Labute approximate surface area is 131 Å². The van der Waals surface area contributed by atoms with Crippen molar-refractivity contribution < 1.29 is 13.9 Å². The van der Waals surface area contributed by atoms with E-state index in [2.05, 4.69) is 15.4 Å². The highest BCUT2D eigenvalue weighted by Gasteiger charge is 2.36. The third-order valence-corrected chi connectivity index (χ3v) is 4.04. The Hall–Kier alpha value is -2.22. The first-order valence-electron chi connectivity index (χ1n) is 6.84. The van der Waals surface area contributed by atoms with E-state index in [1.165, 1.54) is 18.9 Å². The number of fused-ring (bicyclic) bond motifs is 1. The van der Waals surface area contributed by atoms with Crippen LogP contribution in [0.4, 0.5) is 5.95 Å². The number of anilines is 1. The minimum absolute atomic E-state index is 0.419. The summed E-state index contributed by atoms with van der Waals surface area (Å²) < 4.78 is 12.1. The Morgan fingerprint density at radius 1 is 1.59 bits per heavy atom. The fourth-order valence-electron chi connectivity index (χ4n) is 2.41. The van der Waals surface area contributed by atoms with Gasteiger partial charge >= 0.3 is 5.97 Å². The first-order valence-corrected chi connectivity index (χ1v) is 7.83. The molecule has 2 aromatic rings. The minimum Gasteiger partial charge on any atom is -0.467 e. The molecule has 22 heavy (non-hydrogen) atoms. The number of nitrogens with one attached hydrogen (secondary N) is 1. The van der Waals surface area contributed by atoms with Gasteiger partial charge in [-0.1, -0.05) is 18.7 Å². The van der Waals surface area contributed by atoms with Crippen molar-refractivity contribution in [2.45, 2.75) is 25.0 Å². The molecule has 0 saturated carbocycles. The largest absolute Gasteiger partial charge is 0.467 e. The second-order valence-corrected chi connectivity index (χ2v) is 5.90. The molecule has 0 aliphatic carbocycles. The van der Waals surface area contributed by atoms with Gasteiger partial charge in [0.05, 0.1) is 18.9 Å². The van der Waals surface area contributed by atoms with E-state index in [0.29, 0.717) is 28.1 Å². The van der Waals surface area contributed by atoms with Crippen LogP contribution in [0, 0.1) is 0 Å². The van der Waals surface area contributed by atoms with Crippen molar-refractivity contribution in [2.24, 2.45) is 0 Å². The number of nitrogens with zero attached hydrogens (tertiary/aromatic N) is 3. The van der Waals surface area contributed by atoms with E-state index in [4.69, 9.17) is 9.15 Å². The highest BCUT2D eigenvalue weighted by molar-refractivity contribution is 7.99. The van der Waals surface area contributed by atoms with Gasteiger partial charge in [0.2, 0.25) is 11.1 Å². The number of allylic oxidation sites excluding steroid dienone is 1. The van der Waals surface area contributed by atoms with Crippen molar-refractivity contribution in [3.63, 3.8) is 0 Å². The zero-order valence-electron chi connectivity index (χ0n) is 12.5. The number of carbonyl (C=O) groups is 1. The van der Waals surface area contributed by atoms with Crippen LogP contribution in [-0.2, 0) is 9.53 Å². The van der Waals surface area contributed by atoms with Crippen molar-refractivity contribution in [1.29, 1.82) is 0 Å². The van der Waals surface area contributed by atoms with E-state index in [-0.39, 0.29) is 0 Å². The van der Waals surface area contributed by atoms with Crippen LogP contribution >= 0.6 is 11.8 Å². The molecule has 2 aromatic heterocycles. The number of ether oxygens (including phenoxy) is 1. The molecule has 0 bridgehead atoms. The maximum Gasteiger partial charge on any atom is 0.338 e. The van der Waals surface area contributed by atoms with Crippen molar-refractivity contribution in [2.75, 3.05) is 18.2 Å². The molecule has 1 aliphatic rings. The fourth-order valence-corrected chi connectivity index (χ4v) is 2.96. The Kier molecular flexibility index (Phi) is 3.93. The van der Waals surface area contributed by atoms with Crippen molar-refractivity contribution in [3.8, 4) is 0 Å². The monoisotopic (exact) mass is 320 g/mol. The molecular weight excluding hydrogens is 304 g/mol. The first-order chi connectivity index (χ1) is 10.7. The number of rotatable bonds is 4. The van der Waals surface area contributed by atoms with Gasteiger partial charge in [0.15, 0.2) is 0 Å². The summed E-state index contributed by atoms with van der Waals surface area (Å²) in [5.74, 6) is 1.64. The average molecular weight is 320 g/mol. The van der Waals surface area contributed by atoms with E-state index in [1.807, 2.05) is 19.9 Å².